The second kappa shape index (κ2) is 6.41. The molecule has 3 aromatic rings. The molecule has 2 aromatic heterocycles. The van der Waals surface area contributed by atoms with Gasteiger partial charge in [-0.05, 0) is 37.2 Å². The van der Waals surface area contributed by atoms with Gasteiger partial charge in [0.15, 0.2) is 0 Å². The second-order valence-corrected chi connectivity index (χ2v) is 4.90. The maximum atomic E-state index is 5.62. The van der Waals surface area contributed by atoms with Gasteiger partial charge in [0.05, 0.1) is 30.4 Å². The second-order valence-electron chi connectivity index (χ2n) is 4.90. The average molecular weight is 281 g/mol. The van der Waals surface area contributed by atoms with Crippen LogP contribution in [0, 0.1) is 0 Å². The first-order valence-corrected chi connectivity index (χ1v) is 7.27. The molecule has 0 bridgehead atoms. The molecule has 0 aliphatic heterocycles. The molecule has 2 heterocycles. The van der Waals surface area contributed by atoms with Gasteiger partial charge in [-0.1, -0.05) is 25.1 Å². The Morgan fingerprint density at radius 2 is 2.00 bits per heavy atom. The molecule has 0 saturated carbocycles. The van der Waals surface area contributed by atoms with Crippen molar-refractivity contribution in [3.05, 3.63) is 60.7 Å². The summed E-state index contributed by atoms with van der Waals surface area (Å²) in [4.78, 5) is 0. The number of rotatable bonds is 6. The fourth-order valence-corrected chi connectivity index (χ4v) is 2.37. The van der Waals surface area contributed by atoms with E-state index >= 15 is 0 Å². The summed E-state index contributed by atoms with van der Waals surface area (Å²) in [6.45, 7) is 3.87. The molecule has 0 spiro atoms. The smallest absolute Gasteiger partial charge is 0.126 e. The minimum absolute atomic E-state index is 0.732. The van der Waals surface area contributed by atoms with E-state index in [1.807, 2.05) is 53.3 Å². The van der Waals surface area contributed by atoms with Gasteiger partial charge in [0, 0.05) is 5.56 Å². The Balaban J connectivity index is 1.92. The van der Waals surface area contributed by atoms with Gasteiger partial charge in [-0.15, -0.1) is 0 Å². The number of benzene rings is 1. The molecular formula is C17H19N3O. The zero-order chi connectivity index (χ0) is 14.5. The summed E-state index contributed by atoms with van der Waals surface area (Å²) in [5.41, 5.74) is 3.18. The molecule has 0 amide bonds. The van der Waals surface area contributed by atoms with Gasteiger partial charge in [-0.3, -0.25) is 0 Å². The van der Waals surface area contributed by atoms with E-state index in [-0.39, 0.29) is 0 Å². The van der Waals surface area contributed by atoms with Crippen LogP contribution >= 0.6 is 0 Å². The molecule has 0 saturated heterocycles. The van der Waals surface area contributed by atoms with Crippen molar-refractivity contribution in [2.24, 2.45) is 0 Å². The Bertz CT molecular complexity index is 685. The van der Waals surface area contributed by atoms with E-state index in [1.165, 1.54) is 0 Å². The number of nitrogens with one attached hydrogen (secondary N) is 1. The highest BCUT2D eigenvalue weighted by atomic mass is 16.3. The van der Waals surface area contributed by atoms with Crippen LogP contribution in [0.15, 0.2) is 59.3 Å². The summed E-state index contributed by atoms with van der Waals surface area (Å²) in [7, 11) is 0. The van der Waals surface area contributed by atoms with E-state index in [9.17, 15) is 0 Å². The van der Waals surface area contributed by atoms with Crippen LogP contribution in [0.5, 0.6) is 0 Å². The lowest BCUT2D eigenvalue weighted by atomic mass is 10.1. The fourth-order valence-electron chi connectivity index (χ4n) is 2.37. The van der Waals surface area contributed by atoms with E-state index < -0.39 is 0 Å². The van der Waals surface area contributed by atoms with Crippen molar-refractivity contribution < 1.29 is 4.42 Å². The van der Waals surface area contributed by atoms with Gasteiger partial charge in [-0.2, -0.15) is 5.10 Å². The van der Waals surface area contributed by atoms with Crippen LogP contribution in [0.4, 0.5) is 0 Å². The molecule has 0 atom stereocenters. The van der Waals surface area contributed by atoms with Crippen molar-refractivity contribution in [1.29, 1.82) is 0 Å². The lowest BCUT2D eigenvalue weighted by Crippen LogP contribution is -2.14. The molecule has 0 aliphatic carbocycles. The topological polar surface area (TPSA) is 43.0 Å². The Labute approximate surface area is 124 Å². The minimum Gasteiger partial charge on any atom is -0.467 e. The van der Waals surface area contributed by atoms with Crippen molar-refractivity contribution in [2.75, 3.05) is 6.54 Å². The lowest BCUT2D eigenvalue weighted by molar-refractivity contribution is 0.484. The van der Waals surface area contributed by atoms with E-state index in [2.05, 4.69) is 17.3 Å². The average Bonchev–Trinajstić information content (AvgIpc) is 3.16. The van der Waals surface area contributed by atoms with E-state index in [0.717, 1.165) is 42.2 Å². The first-order valence-electron chi connectivity index (χ1n) is 7.27. The van der Waals surface area contributed by atoms with Crippen molar-refractivity contribution >= 4 is 0 Å². The predicted octanol–water partition coefficient (Wildman–Crippen LogP) is 3.63. The fraction of sp³-hybridized carbons (Fsp3) is 0.235. The van der Waals surface area contributed by atoms with Crippen LogP contribution in [-0.2, 0) is 6.54 Å². The van der Waals surface area contributed by atoms with Crippen LogP contribution in [0.25, 0.3) is 16.9 Å². The Morgan fingerprint density at radius 1 is 1.14 bits per heavy atom. The molecule has 4 heteroatoms. The maximum Gasteiger partial charge on any atom is 0.126 e. The summed E-state index contributed by atoms with van der Waals surface area (Å²) in [5, 5.41) is 7.81. The van der Waals surface area contributed by atoms with E-state index in [0.29, 0.717) is 0 Å². The van der Waals surface area contributed by atoms with Gasteiger partial charge >= 0.3 is 0 Å². The molecule has 1 aromatic carbocycles. The van der Waals surface area contributed by atoms with Crippen LogP contribution in [0.2, 0.25) is 0 Å². The van der Waals surface area contributed by atoms with Crippen LogP contribution in [0.3, 0.4) is 0 Å². The summed E-state index contributed by atoms with van der Waals surface area (Å²) >= 11 is 0. The zero-order valence-electron chi connectivity index (χ0n) is 12.1. The third kappa shape index (κ3) is 2.90. The van der Waals surface area contributed by atoms with Crippen LogP contribution in [0.1, 0.15) is 19.1 Å². The first-order chi connectivity index (χ1) is 10.4. The Kier molecular flexibility index (Phi) is 4.17. The van der Waals surface area contributed by atoms with Gasteiger partial charge in [0.1, 0.15) is 5.76 Å². The molecule has 21 heavy (non-hydrogen) atoms. The number of hydrogen-bond acceptors (Lipinski definition) is 3. The molecule has 0 fully saturated rings. The third-order valence-electron chi connectivity index (χ3n) is 3.38. The number of aromatic nitrogens is 2. The molecule has 3 rings (SSSR count). The molecule has 4 nitrogen and oxygen atoms in total. The number of para-hydroxylation sites is 1. The minimum atomic E-state index is 0.732. The van der Waals surface area contributed by atoms with Gasteiger partial charge < -0.3 is 9.73 Å². The van der Waals surface area contributed by atoms with Crippen molar-refractivity contribution in [3.8, 4) is 16.9 Å². The van der Waals surface area contributed by atoms with Crippen LogP contribution < -0.4 is 5.32 Å². The standard InChI is InChI=1S/C17H19N3O/c1-2-10-18-13-17-15(9-12-21-17)16-8-11-19-20(16)14-6-4-3-5-7-14/h3-9,11-12,18H,2,10,13H2,1H3. The Morgan fingerprint density at radius 3 is 2.81 bits per heavy atom. The molecule has 0 aliphatic rings. The number of furan rings is 1. The quantitative estimate of drug-likeness (QED) is 0.702. The lowest BCUT2D eigenvalue weighted by Gasteiger charge is -2.08. The highest BCUT2D eigenvalue weighted by Crippen LogP contribution is 2.26. The third-order valence-corrected chi connectivity index (χ3v) is 3.38. The molecule has 0 unspecified atom stereocenters. The number of hydrogen-bond donors (Lipinski definition) is 1. The molecule has 1 N–H and O–H groups in total. The molecule has 108 valence electrons. The van der Waals surface area contributed by atoms with Gasteiger partial charge in [0.25, 0.3) is 0 Å². The monoisotopic (exact) mass is 281 g/mol. The summed E-state index contributed by atoms with van der Waals surface area (Å²) in [5.74, 6) is 0.945. The Hall–Kier alpha value is -2.33. The zero-order valence-corrected chi connectivity index (χ0v) is 12.1. The highest BCUT2D eigenvalue weighted by molar-refractivity contribution is 5.63. The van der Waals surface area contributed by atoms with Crippen molar-refractivity contribution in [1.82, 2.24) is 15.1 Å². The normalized spacial score (nSPS) is 10.9. The summed E-state index contributed by atoms with van der Waals surface area (Å²) in [6, 6.07) is 14.1. The number of nitrogens with zero attached hydrogens (tertiary/aromatic N) is 2. The predicted molar refractivity (Wildman–Crippen MR) is 83.3 cm³/mol. The molecular weight excluding hydrogens is 262 g/mol. The summed E-state index contributed by atoms with van der Waals surface area (Å²) < 4.78 is 7.56. The highest BCUT2D eigenvalue weighted by Gasteiger charge is 2.13. The SMILES string of the molecule is CCCNCc1occc1-c1ccnn1-c1ccccc1. The largest absolute Gasteiger partial charge is 0.467 e. The van der Waals surface area contributed by atoms with Gasteiger partial charge in [-0.25, -0.2) is 4.68 Å². The van der Waals surface area contributed by atoms with Gasteiger partial charge in [0.2, 0.25) is 0 Å². The van der Waals surface area contributed by atoms with Crippen LogP contribution in [-0.4, -0.2) is 16.3 Å². The molecule has 0 radical (unpaired) electrons. The van der Waals surface area contributed by atoms with E-state index in [1.54, 1.807) is 6.26 Å². The van der Waals surface area contributed by atoms with E-state index in [4.69, 9.17) is 4.42 Å². The summed E-state index contributed by atoms with van der Waals surface area (Å²) in [6.07, 6.45) is 4.66. The maximum absolute atomic E-state index is 5.62. The van der Waals surface area contributed by atoms with Crippen molar-refractivity contribution in [2.45, 2.75) is 19.9 Å². The first kappa shape index (κ1) is 13.6. The van der Waals surface area contributed by atoms with Crippen molar-refractivity contribution in [3.63, 3.8) is 0 Å².